The third-order valence-electron chi connectivity index (χ3n) is 7.02. The molecular formula is C20H40N3O2+. The van der Waals surface area contributed by atoms with Gasteiger partial charge >= 0.3 is 0 Å². The maximum atomic E-state index is 12.7. The van der Waals surface area contributed by atoms with Crippen molar-refractivity contribution in [3.63, 3.8) is 0 Å². The Morgan fingerprint density at radius 2 is 0.800 bits per heavy atom. The standard InChI is InChI=1S/C20H40N3O2/c1-17(2)11-15(12-18(3,4)21(17)24)23(9,10)16-13-19(5,6)22(25)20(7,8)14-16/h15-16H,11-14H2,1-10H3/q+1. The molecular weight excluding hydrogens is 314 g/mol. The SMILES string of the molecule is CC1(C)CC([N+](C)(C)C2CC(C)(C)N([O])C(C)(C)C2)CC(C)(C)N1[O]. The van der Waals surface area contributed by atoms with E-state index in [9.17, 15) is 10.4 Å². The molecule has 5 nitrogen and oxygen atoms in total. The fourth-order valence-corrected chi connectivity index (χ4v) is 5.66. The maximum absolute atomic E-state index is 12.7. The molecule has 0 aromatic heterocycles. The lowest BCUT2D eigenvalue weighted by atomic mass is 9.73. The molecule has 2 aliphatic heterocycles. The first-order chi connectivity index (χ1) is 10.9. The average Bonchev–Trinajstić information content (AvgIpc) is 2.40. The molecule has 0 bridgehead atoms. The van der Waals surface area contributed by atoms with Crippen LogP contribution in [0.25, 0.3) is 0 Å². The van der Waals surface area contributed by atoms with Crippen LogP contribution in [0, 0.1) is 0 Å². The van der Waals surface area contributed by atoms with Gasteiger partial charge in [-0.3, -0.25) is 0 Å². The summed E-state index contributed by atoms with van der Waals surface area (Å²) in [5.74, 6) is 0. The van der Waals surface area contributed by atoms with E-state index in [1.807, 2.05) is 0 Å². The van der Waals surface area contributed by atoms with Crippen LogP contribution >= 0.6 is 0 Å². The Bertz CT molecular complexity index is 431. The predicted octanol–water partition coefficient (Wildman–Crippen LogP) is 3.80. The van der Waals surface area contributed by atoms with Crippen molar-refractivity contribution in [3.05, 3.63) is 0 Å². The number of rotatable bonds is 2. The first-order valence-electron chi connectivity index (χ1n) is 9.72. The highest BCUT2D eigenvalue weighted by atomic mass is 16.5. The van der Waals surface area contributed by atoms with Crippen LogP contribution in [0.3, 0.4) is 0 Å². The minimum atomic E-state index is -0.355. The van der Waals surface area contributed by atoms with Crippen molar-refractivity contribution in [1.29, 1.82) is 0 Å². The van der Waals surface area contributed by atoms with Gasteiger partial charge < -0.3 is 4.48 Å². The van der Waals surface area contributed by atoms with Crippen molar-refractivity contribution >= 4 is 0 Å². The molecule has 2 aliphatic rings. The molecule has 25 heavy (non-hydrogen) atoms. The Morgan fingerprint density at radius 1 is 0.600 bits per heavy atom. The summed E-state index contributed by atoms with van der Waals surface area (Å²) in [6, 6.07) is 0.843. The summed E-state index contributed by atoms with van der Waals surface area (Å²) in [5.41, 5.74) is -1.42. The van der Waals surface area contributed by atoms with Crippen LogP contribution in [-0.2, 0) is 10.4 Å². The maximum Gasteiger partial charge on any atom is 0.0925 e. The van der Waals surface area contributed by atoms with Gasteiger partial charge in [0.05, 0.1) is 26.2 Å². The van der Waals surface area contributed by atoms with Crippen LogP contribution in [0.5, 0.6) is 0 Å². The highest BCUT2D eigenvalue weighted by molar-refractivity contribution is 5.00. The van der Waals surface area contributed by atoms with Gasteiger partial charge in [-0.15, -0.1) is 20.5 Å². The van der Waals surface area contributed by atoms with E-state index >= 15 is 0 Å². The fourth-order valence-electron chi connectivity index (χ4n) is 5.66. The van der Waals surface area contributed by atoms with Gasteiger partial charge in [-0.1, -0.05) is 0 Å². The second kappa shape index (κ2) is 5.90. The van der Waals surface area contributed by atoms with Gasteiger partial charge in [0.1, 0.15) is 0 Å². The summed E-state index contributed by atoms with van der Waals surface area (Å²) in [6.45, 7) is 16.6. The van der Waals surface area contributed by atoms with E-state index in [1.54, 1.807) is 0 Å². The quantitative estimate of drug-likeness (QED) is 0.708. The van der Waals surface area contributed by atoms with Crippen LogP contribution in [0.15, 0.2) is 0 Å². The number of hydroxylamine groups is 4. The summed E-state index contributed by atoms with van der Waals surface area (Å²) in [5, 5.41) is 28.1. The zero-order chi connectivity index (χ0) is 19.6. The van der Waals surface area contributed by atoms with Crippen molar-refractivity contribution in [2.45, 2.75) is 115 Å². The smallest absolute Gasteiger partial charge is 0.0925 e. The Hall–Kier alpha value is -0.200. The lowest BCUT2D eigenvalue weighted by Gasteiger charge is -2.59. The molecule has 0 amide bonds. The second-order valence-electron chi connectivity index (χ2n) is 11.6. The summed E-state index contributed by atoms with van der Waals surface area (Å²) >= 11 is 0. The Balaban J connectivity index is 2.32. The van der Waals surface area contributed by atoms with Crippen LogP contribution in [0.1, 0.15) is 81.1 Å². The van der Waals surface area contributed by atoms with Crippen molar-refractivity contribution in [3.8, 4) is 0 Å². The van der Waals surface area contributed by atoms with E-state index in [2.05, 4.69) is 69.5 Å². The predicted molar refractivity (Wildman–Crippen MR) is 99.5 cm³/mol. The Labute approximate surface area is 155 Å². The van der Waals surface area contributed by atoms with Gasteiger partial charge in [0.15, 0.2) is 0 Å². The lowest BCUT2D eigenvalue weighted by Crippen LogP contribution is -2.71. The van der Waals surface area contributed by atoms with Crippen molar-refractivity contribution in [2.75, 3.05) is 14.1 Å². The monoisotopic (exact) mass is 354 g/mol. The fraction of sp³-hybridized carbons (Fsp3) is 1.00. The van der Waals surface area contributed by atoms with Gasteiger partial charge in [0.2, 0.25) is 0 Å². The summed E-state index contributed by atoms with van der Waals surface area (Å²) in [4.78, 5) is 0. The van der Waals surface area contributed by atoms with Gasteiger partial charge in [-0.2, -0.15) is 0 Å². The second-order valence-corrected chi connectivity index (χ2v) is 11.6. The zero-order valence-electron chi connectivity index (χ0n) is 18.1. The molecule has 0 aromatic carbocycles. The zero-order valence-corrected chi connectivity index (χ0v) is 18.1. The average molecular weight is 355 g/mol. The van der Waals surface area contributed by atoms with Crippen LogP contribution in [-0.4, -0.2) is 62.9 Å². The molecule has 2 rings (SSSR count). The molecule has 5 heteroatoms. The molecule has 0 spiro atoms. The van der Waals surface area contributed by atoms with Crippen molar-refractivity contribution < 1.29 is 14.9 Å². The molecule has 2 radical (unpaired) electrons. The number of nitrogens with zero attached hydrogens (tertiary/aromatic N) is 3. The molecule has 146 valence electrons. The van der Waals surface area contributed by atoms with E-state index in [-0.39, 0.29) is 22.2 Å². The molecule has 0 N–H and O–H groups in total. The van der Waals surface area contributed by atoms with Crippen molar-refractivity contribution in [1.82, 2.24) is 10.1 Å². The highest BCUT2D eigenvalue weighted by Gasteiger charge is 2.56. The first-order valence-corrected chi connectivity index (χ1v) is 9.72. The molecule has 0 atom stereocenters. The number of quaternary nitrogens is 1. The van der Waals surface area contributed by atoms with Gasteiger partial charge in [-0.05, 0) is 55.4 Å². The number of hydrogen-bond donors (Lipinski definition) is 0. The molecule has 0 aromatic rings. The summed E-state index contributed by atoms with van der Waals surface area (Å²) in [7, 11) is 4.63. The molecule has 2 saturated heterocycles. The lowest BCUT2D eigenvalue weighted by molar-refractivity contribution is -0.944. The minimum absolute atomic E-state index is 0.355. The van der Waals surface area contributed by atoms with E-state index in [1.165, 1.54) is 10.1 Å². The molecule has 0 saturated carbocycles. The van der Waals surface area contributed by atoms with E-state index in [0.717, 1.165) is 30.2 Å². The minimum Gasteiger partial charge on any atom is -0.323 e. The van der Waals surface area contributed by atoms with Gasteiger partial charge in [0.25, 0.3) is 0 Å². The van der Waals surface area contributed by atoms with Crippen LogP contribution < -0.4 is 0 Å². The molecule has 2 heterocycles. The van der Waals surface area contributed by atoms with Gasteiger partial charge in [-0.25, -0.2) is 0 Å². The van der Waals surface area contributed by atoms with E-state index < -0.39 is 0 Å². The topological polar surface area (TPSA) is 46.3 Å². The Kier molecular flexibility index (Phi) is 4.98. The highest BCUT2D eigenvalue weighted by Crippen LogP contribution is 2.45. The third-order valence-corrected chi connectivity index (χ3v) is 7.02. The number of hydrogen-bond acceptors (Lipinski definition) is 2. The molecule has 0 unspecified atom stereocenters. The van der Waals surface area contributed by atoms with Crippen LogP contribution in [0.4, 0.5) is 0 Å². The number of piperidine rings is 2. The normalized spacial score (nSPS) is 31.2. The Morgan fingerprint density at radius 3 is 1.00 bits per heavy atom. The molecule has 2 fully saturated rings. The van der Waals surface area contributed by atoms with Crippen molar-refractivity contribution in [2.24, 2.45) is 0 Å². The third kappa shape index (κ3) is 3.63. The largest absolute Gasteiger partial charge is 0.323 e. The van der Waals surface area contributed by atoms with E-state index in [0.29, 0.717) is 12.1 Å². The summed E-state index contributed by atoms with van der Waals surface area (Å²) in [6.07, 6.45) is 3.58. The van der Waals surface area contributed by atoms with Crippen LogP contribution in [0.2, 0.25) is 0 Å². The molecule has 0 aliphatic carbocycles. The van der Waals surface area contributed by atoms with E-state index in [4.69, 9.17) is 0 Å². The summed E-state index contributed by atoms with van der Waals surface area (Å²) < 4.78 is 0.890. The first kappa shape index (κ1) is 21.1. The van der Waals surface area contributed by atoms with Gasteiger partial charge in [0, 0.05) is 47.8 Å².